The molecule has 0 radical (unpaired) electrons. The van der Waals surface area contributed by atoms with E-state index >= 15 is 0 Å². The highest BCUT2D eigenvalue weighted by Crippen LogP contribution is 2.27. The molecule has 8 heteroatoms. The van der Waals surface area contributed by atoms with Gasteiger partial charge in [-0.25, -0.2) is 0 Å². The van der Waals surface area contributed by atoms with E-state index in [0.717, 1.165) is 12.1 Å². The molecule has 1 aromatic rings. The average molecular weight is 236 g/mol. The fourth-order valence-corrected chi connectivity index (χ4v) is 1.75. The van der Waals surface area contributed by atoms with Gasteiger partial charge in [0.05, 0.1) is 5.02 Å². The number of benzene rings is 1. The van der Waals surface area contributed by atoms with Crippen LogP contribution in [-0.4, -0.2) is 8.42 Å². The molecule has 1 aromatic carbocycles. The maximum absolute atomic E-state index is 12.6. The molecule has 0 spiro atoms. The summed E-state index contributed by atoms with van der Waals surface area (Å²) < 4.78 is 33.6. The summed E-state index contributed by atoms with van der Waals surface area (Å²) in [6.07, 6.45) is 0. The summed E-state index contributed by atoms with van der Waals surface area (Å²) in [7, 11) is -4.89. The summed E-state index contributed by atoms with van der Waals surface area (Å²) in [6.45, 7) is 0. The van der Waals surface area contributed by atoms with E-state index < -0.39 is 15.1 Å². The molecule has 1 rings (SSSR count). The Bertz CT molecular complexity index is 510. The predicted molar refractivity (Wildman–Crippen MR) is 48.6 cm³/mol. The molecule has 74 valence electrons. The van der Waals surface area contributed by atoms with Gasteiger partial charge >= 0.3 is 10.2 Å². The van der Waals surface area contributed by atoms with Crippen molar-refractivity contribution in [2.24, 2.45) is 5.11 Å². The van der Waals surface area contributed by atoms with Gasteiger partial charge in [-0.05, 0) is 17.7 Å². The fraction of sp³-hybridized carbons (Fsp3) is 0. The van der Waals surface area contributed by atoms with Crippen LogP contribution in [0.25, 0.3) is 10.4 Å². The second-order valence-corrected chi connectivity index (χ2v) is 3.96. The monoisotopic (exact) mass is 235 g/mol. The van der Waals surface area contributed by atoms with Crippen molar-refractivity contribution >= 4 is 27.5 Å². The molecule has 0 fully saturated rings. The zero-order chi connectivity index (χ0) is 10.8. The van der Waals surface area contributed by atoms with Crippen molar-refractivity contribution in [3.8, 4) is 0 Å². The first-order valence-electron chi connectivity index (χ1n) is 3.24. The molecular formula is C6H3ClFN3O2S. The molecule has 0 aliphatic carbocycles. The van der Waals surface area contributed by atoms with Crippen LogP contribution in [0, 0.1) is 0 Å². The van der Waals surface area contributed by atoms with Gasteiger partial charge in [-0.3, -0.25) is 0 Å². The molecular weight excluding hydrogens is 233 g/mol. The third-order valence-electron chi connectivity index (χ3n) is 1.34. The maximum Gasteiger partial charge on any atom is 0.333 e. The van der Waals surface area contributed by atoms with Crippen LogP contribution >= 0.6 is 11.6 Å². The van der Waals surface area contributed by atoms with Crippen LogP contribution in [0.1, 0.15) is 0 Å². The first kappa shape index (κ1) is 10.8. The van der Waals surface area contributed by atoms with Gasteiger partial charge in [0.2, 0.25) is 0 Å². The third-order valence-corrected chi connectivity index (χ3v) is 2.64. The highest BCUT2D eigenvalue weighted by atomic mass is 35.5. The van der Waals surface area contributed by atoms with E-state index in [1.54, 1.807) is 0 Å². The van der Waals surface area contributed by atoms with Gasteiger partial charge in [0.15, 0.2) is 0 Å². The van der Waals surface area contributed by atoms with Gasteiger partial charge in [0.25, 0.3) is 0 Å². The summed E-state index contributed by atoms with van der Waals surface area (Å²) in [4.78, 5) is 1.72. The molecule has 5 nitrogen and oxygen atoms in total. The Morgan fingerprint density at radius 1 is 1.50 bits per heavy atom. The van der Waals surface area contributed by atoms with Crippen molar-refractivity contribution in [1.29, 1.82) is 0 Å². The fourth-order valence-electron chi connectivity index (χ4n) is 0.793. The van der Waals surface area contributed by atoms with Gasteiger partial charge in [0.1, 0.15) is 4.90 Å². The molecule has 0 aromatic heterocycles. The van der Waals surface area contributed by atoms with E-state index in [9.17, 15) is 12.3 Å². The molecule has 0 N–H and O–H groups in total. The highest BCUT2D eigenvalue weighted by Gasteiger charge is 2.16. The normalized spacial score (nSPS) is 10.7. The Labute approximate surface area is 84.0 Å². The quantitative estimate of drug-likeness (QED) is 0.342. The summed E-state index contributed by atoms with van der Waals surface area (Å²) in [5.74, 6) is 0. The lowest BCUT2D eigenvalue weighted by atomic mass is 10.3. The standard InChI is InChI=1S/C6H3ClFN3O2S/c7-5-2-1-4(10-11-9)3-6(5)14(8,12)13/h1-3H. The number of hydrogen-bond donors (Lipinski definition) is 0. The van der Waals surface area contributed by atoms with Crippen LogP contribution < -0.4 is 0 Å². The minimum Gasteiger partial charge on any atom is -0.189 e. The van der Waals surface area contributed by atoms with Crippen molar-refractivity contribution < 1.29 is 12.3 Å². The molecule has 0 unspecified atom stereocenters. The largest absolute Gasteiger partial charge is 0.333 e. The Morgan fingerprint density at radius 2 is 2.14 bits per heavy atom. The van der Waals surface area contributed by atoms with E-state index in [1.807, 2.05) is 0 Å². The Kier molecular flexibility index (Phi) is 2.95. The number of azide groups is 1. The van der Waals surface area contributed by atoms with Gasteiger partial charge in [0, 0.05) is 10.6 Å². The molecule has 14 heavy (non-hydrogen) atoms. The van der Waals surface area contributed by atoms with Gasteiger partial charge in [-0.15, -0.1) is 3.89 Å². The van der Waals surface area contributed by atoms with Crippen LogP contribution in [0.5, 0.6) is 0 Å². The predicted octanol–water partition coefficient (Wildman–Crippen LogP) is 2.94. The van der Waals surface area contributed by atoms with Gasteiger partial charge in [-0.2, -0.15) is 8.42 Å². The van der Waals surface area contributed by atoms with Crippen molar-refractivity contribution in [2.75, 3.05) is 0 Å². The molecule has 0 saturated carbocycles. The average Bonchev–Trinajstić information content (AvgIpc) is 2.07. The highest BCUT2D eigenvalue weighted by molar-refractivity contribution is 7.86. The Balaban J connectivity index is 3.43. The molecule has 0 heterocycles. The van der Waals surface area contributed by atoms with E-state index in [0.29, 0.717) is 0 Å². The van der Waals surface area contributed by atoms with Crippen molar-refractivity contribution in [3.05, 3.63) is 33.7 Å². The topological polar surface area (TPSA) is 82.9 Å². The summed E-state index contributed by atoms with van der Waals surface area (Å²) in [5, 5.41) is 2.85. The summed E-state index contributed by atoms with van der Waals surface area (Å²) in [6, 6.07) is 3.27. The minimum atomic E-state index is -4.89. The van der Waals surface area contributed by atoms with E-state index in [1.165, 1.54) is 6.07 Å². The van der Waals surface area contributed by atoms with Crippen LogP contribution in [-0.2, 0) is 10.2 Å². The second-order valence-electron chi connectivity index (χ2n) is 2.24. The maximum atomic E-state index is 12.6. The number of hydrogen-bond acceptors (Lipinski definition) is 3. The van der Waals surface area contributed by atoms with Gasteiger partial charge < -0.3 is 0 Å². The number of halogens is 2. The molecule has 0 aliphatic rings. The van der Waals surface area contributed by atoms with Crippen LogP contribution in [0.3, 0.4) is 0 Å². The molecule has 0 bridgehead atoms. The van der Waals surface area contributed by atoms with E-state index in [2.05, 4.69) is 10.0 Å². The van der Waals surface area contributed by atoms with E-state index in [-0.39, 0.29) is 10.7 Å². The lowest BCUT2D eigenvalue weighted by molar-refractivity contribution is 0.552. The Morgan fingerprint density at radius 3 is 2.64 bits per heavy atom. The Hall–Kier alpha value is -1.30. The first-order chi connectivity index (χ1) is 6.45. The molecule has 0 amide bonds. The zero-order valence-electron chi connectivity index (χ0n) is 6.55. The number of nitrogens with zero attached hydrogens (tertiary/aromatic N) is 3. The third kappa shape index (κ3) is 2.35. The lowest BCUT2D eigenvalue weighted by Gasteiger charge is -1.99. The summed E-state index contributed by atoms with van der Waals surface area (Å²) in [5.41, 5.74) is 8.04. The van der Waals surface area contributed by atoms with Gasteiger partial charge in [-0.1, -0.05) is 22.8 Å². The summed E-state index contributed by atoms with van der Waals surface area (Å²) >= 11 is 5.43. The molecule has 0 aliphatic heterocycles. The van der Waals surface area contributed by atoms with E-state index in [4.69, 9.17) is 17.1 Å². The van der Waals surface area contributed by atoms with Crippen molar-refractivity contribution in [1.82, 2.24) is 0 Å². The smallest absolute Gasteiger partial charge is 0.189 e. The lowest BCUT2D eigenvalue weighted by Crippen LogP contribution is -1.92. The SMILES string of the molecule is [N-]=[N+]=Nc1ccc(Cl)c(S(=O)(=O)F)c1. The van der Waals surface area contributed by atoms with Crippen molar-refractivity contribution in [2.45, 2.75) is 4.90 Å². The number of rotatable bonds is 2. The minimum absolute atomic E-state index is 0.0203. The molecule has 0 atom stereocenters. The molecule has 0 saturated heterocycles. The van der Waals surface area contributed by atoms with Crippen LogP contribution in [0.15, 0.2) is 28.2 Å². The van der Waals surface area contributed by atoms with Crippen molar-refractivity contribution in [3.63, 3.8) is 0 Å². The second kappa shape index (κ2) is 3.83. The zero-order valence-corrected chi connectivity index (χ0v) is 8.13. The van der Waals surface area contributed by atoms with Crippen LogP contribution in [0.4, 0.5) is 9.57 Å². The first-order valence-corrected chi connectivity index (χ1v) is 5.00. The van der Waals surface area contributed by atoms with Crippen LogP contribution in [0.2, 0.25) is 5.02 Å².